The smallest absolute Gasteiger partial charge is 0.496 e. The van der Waals surface area contributed by atoms with E-state index in [-0.39, 0.29) is 29.6 Å². The maximum Gasteiger partial charge on any atom is 0.507 e. The van der Waals surface area contributed by atoms with Crippen LogP contribution in [0.5, 0.6) is 5.75 Å². The SMILES string of the molecule is COCc1cnc([C@H]2[C@@H](COC)C[C@](CC(C)C)(OC(=O)O)N2C(=O)c2ccc(C(C)(C)C)c(OC)c2)s1. The number of methoxy groups -OCH3 is 3. The fourth-order valence-corrected chi connectivity index (χ4v) is 6.51. The predicted octanol–water partition coefficient (Wildman–Crippen LogP) is 5.88. The molecule has 38 heavy (non-hydrogen) atoms. The second-order valence-electron chi connectivity index (χ2n) is 11.2. The first-order valence-corrected chi connectivity index (χ1v) is 13.5. The lowest BCUT2D eigenvalue weighted by Gasteiger charge is -2.40. The molecule has 1 aromatic carbocycles. The molecule has 10 heteroatoms. The van der Waals surface area contributed by atoms with Crippen molar-refractivity contribution in [3.63, 3.8) is 0 Å². The van der Waals surface area contributed by atoms with Gasteiger partial charge in [0.1, 0.15) is 10.8 Å². The summed E-state index contributed by atoms with van der Waals surface area (Å²) in [6.07, 6.45) is 0.922. The van der Waals surface area contributed by atoms with Crippen LogP contribution in [0.4, 0.5) is 4.79 Å². The summed E-state index contributed by atoms with van der Waals surface area (Å²) in [5.41, 5.74) is -0.243. The van der Waals surface area contributed by atoms with Crippen molar-refractivity contribution in [3.05, 3.63) is 45.4 Å². The fraction of sp³-hybridized carbons (Fsp3) is 0.607. The molecule has 0 bridgehead atoms. The van der Waals surface area contributed by atoms with E-state index in [4.69, 9.17) is 18.9 Å². The first kappa shape index (κ1) is 29.9. The first-order chi connectivity index (χ1) is 17.9. The van der Waals surface area contributed by atoms with Crippen molar-refractivity contribution in [2.75, 3.05) is 27.9 Å². The van der Waals surface area contributed by atoms with E-state index < -0.39 is 17.9 Å². The standard InChI is InChI=1S/C28H40N2O7S/c1-17(2)12-28(37-26(32)33)13-19(15-34-6)23(24-29-14-20(38-24)16-35-7)30(28)25(31)18-9-10-21(27(3,4)5)22(11-18)36-8/h9-11,14,17,19,23H,12-13,15-16H2,1-8H3,(H,32,33)/t19-,23-,28+/m1/s1. The summed E-state index contributed by atoms with van der Waals surface area (Å²) in [4.78, 5) is 33.6. The molecule has 0 spiro atoms. The van der Waals surface area contributed by atoms with Crippen LogP contribution in [-0.4, -0.2) is 60.7 Å². The first-order valence-electron chi connectivity index (χ1n) is 12.7. The molecule has 1 aliphatic rings. The van der Waals surface area contributed by atoms with Gasteiger partial charge in [-0.15, -0.1) is 11.3 Å². The predicted molar refractivity (Wildman–Crippen MR) is 145 cm³/mol. The van der Waals surface area contributed by atoms with Crippen molar-refractivity contribution in [1.29, 1.82) is 0 Å². The Morgan fingerprint density at radius 3 is 2.47 bits per heavy atom. The number of benzene rings is 1. The van der Waals surface area contributed by atoms with Gasteiger partial charge in [0.2, 0.25) is 0 Å². The molecule has 0 aliphatic carbocycles. The van der Waals surface area contributed by atoms with Crippen molar-refractivity contribution < 1.29 is 33.6 Å². The summed E-state index contributed by atoms with van der Waals surface area (Å²) < 4.78 is 22.2. The molecule has 1 aliphatic heterocycles. The summed E-state index contributed by atoms with van der Waals surface area (Å²) in [5, 5.41) is 10.5. The molecule has 0 radical (unpaired) electrons. The number of carbonyl (C=O) groups is 2. The number of carboxylic acid groups (broad SMARTS) is 1. The summed E-state index contributed by atoms with van der Waals surface area (Å²) >= 11 is 1.44. The van der Waals surface area contributed by atoms with Crippen molar-refractivity contribution in [2.24, 2.45) is 11.8 Å². The Bertz CT molecular complexity index is 1130. The monoisotopic (exact) mass is 548 g/mol. The fourth-order valence-electron chi connectivity index (χ4n) is 5.44. The highest BCUT2D eigenvalue weighted by molar-refractivity contribution is 7.11. The largest absolute Gasteiger partial charge is 0.507 e. The molecule has 2 heterocycles. The van der Waals surface area contributed by atoms with Gasteiger partial charge in [0.25, 0.3) is 5.91 Å². The molecule has 1 N–H and O–H groups in total. The molecule has 1 aromatic heterocycles. The summed E-state index contributed by atoms with van der Waals surface area (Å²) in [6, 6.07) is 4.84. The Balaban J connectivity index is 2.22. The maximum atomic E-state index is 14.4. The lowest BCUT2D eigenvalue weighted by molar-refractivity contribution is -0.108. The van der Waals surface area contributed by atoms with Crippen molar-refractivity contribution in [3.8, 4) is 5.75 Å². The second kappa shape index (κ2) is 12.0. The van der Waals surface area contributed by atoms with E-state index in [0.717, 1.165) is 10.4 Å². The van der Waals surface area contributed by atoms with Crippen LogP contribution in [0.1, 0.15) is 79.3 Å². The quantitative estimate of drug-likeness (QED) is 0.367. The highest BCUT2D eigenvalue weighted by Crippen LogP contribution is 2.52. The van der Waals surface area contributed by atoms with E-state index in [1.54, 1.807) is 44.6 Å². The Hall–Kier alpha value is -2.69. The van der Waals surface area contributed by atoms with Crippen LogP contribution in [0.15, 0.2) is 24.4 Å². The molecule has 1 fully saturated rings. The molecule has 2 aromatic rings. The lowest BCUT2D eigenvalue weighted by atomic mass is 9.85. The van der Waals surface area contributed by atoms with Crippen LogP contribution in [0.3, 0.4) is 0 Å². The molecule has 210 valence electrons. The van der Waals surface area contributed by atoms with E-state index in [9.17, 15) is 14.7 Å². The van der Waals surface area contributed by atoms with E-state index >= 15 is 0 Å². The van der Waals surface area contributed by atoms with Gasteiger partial charge in [0.15, 0.2) is 5.72 Å². The average Bonchev–Trinajstić information content (AvgIpc) is 3.39. The number of aromatic nitrogens is 1. The van der Waals surface area contributed by atoms with Gasteiger partial charge < -0.3 is 24.1 Å². The van der Waals surface area contributed by atoms with Crippen LogP contribution >= 0.6 is 11.3 Å². The minimum absolute atomic E-state index is 0.0461. The Morgan fingerprint density at radius 2 is 1.92 bits per heavy atom. The second-order valence-corrected chi connectivity index (χ2v) is 12.4. The normalized spacial score (nSPS) is 21.7. The summed E-state index contributed by atoms with van der Waals surface area (Å²) in [5.74, 6) is 0.0552. The Labute approximate surface area is 229 Å². The molecular formula is C28H40N2O7S. The summed E-state index contributed by atoms with van der Waals surface area (Å²) in [7, 11) is 4.79. The number of amides is 1. The molecule has 1 amide bonds. The topological polar surface area (TPSA) is 107 Å². The highest BCUT2D eigenvalue weighted by Gasteiger charge is 2.58. The summed E-state index contributed by atoms with van der Waals surface area (Å²) in [6.45, 7) is 10.9. The number of ether oxygens (including phenoxy) is 4. The van der Waals surface area contributed by atoms with Gasteiger partial charge in [-0.1, -0.05) is 40.7 Å². The van der Waals surface area contributed by atoms with Crippen LogP contribution < -0.4 is 4.74 Å². The zero-order valence-electron chi connectivity index (χ0n) is 23.6. The minimum Gasteiger partial charge on any atom is -0.496 e. The Morgan fingerprint density at radius 1 is 1.21 bits per heavy atom. The molecular weight excluding hydrogens is 508 g/mol. The van der Waals surface area contributed by atoms with Gasteiger partial charge in [0.05, 0.1) is 31.2 Å². The molecule has 9 nitrogen and oxygen atoms in total. The van der Waals surface area contributed by atoms with Crippen molar-refractivity contribution in [1.82, 2.24) is 9.88 Å². The third-order valence-corrected chi connectivity index (χ3v) is 7.76. The molecule has 3 atom stereocenters. The number of carbonyl (C=O) groups excluding carboxylic acids is 1. The van der Waals surface area contributed by atoms with Crippen LogP contribution in [0.2, 0.25) is 0 Å². The van der Waals surface area contributed by atoms with Gasteiger partial charge >= 0.3 is 6.16 Å². The Kier molecular flexibility index (Phi) is 9.43. The van der Waals surface area contributed by atoms with Crippen LogP contribution in [0.25, 0.3) is 0 Å². The van der Waals surface area contributed by atoms with E-state index in [2.05, 4.69) is 25.8 Å². The van der Waals surface area contributed by atoms with E-state index in [1.807, 2.05) is 19.9 Å². The minimum atomic E-state index is -1.43. The number of likely N-dealkylation sites (tertiary alicyclic amines) is 1. The third kappa shape index (κ3) is 6.30. The van der Waals surface area contributed by atoms with Gasteiger partial charge in [-0.3, -0.25) is 9.69 Å². The number of nitrogens with zero attached hydrogens (tertiary/aromatic N) is 2. The zero-order valence-corrected chi connectivity index (χ0v) is 24.4. The molecule has 1 saturated heterocycles. The maximum absolute atomic E-state index is 14.4. The van der Waals surface area contributed by atoms with Gasteiger partial charge in [0, 0.05) is 44.7 Å². The zero-order chi connectivity index (χ0) is 28.3. The number of hydrogen-bond donors (Lipinski definition) is 1. The number of rotatable bonds is 10. The van der Waals surface area contributed by atoms with Crippen molar-refractivity contribution >= 4 is 23.4 Å². The van der Waals surface area contributed by atoms with Crippen LogP contribution in [0, 0.1) is 11.8 Å². The van der Waals surface area contributed by atoms with Crippen molar-refractivity contribution in [2.45, 2.75) is 71.2 Å². The van der Waals surface area contributed by atoms with Gasteiger partial charge in [-0.2, -0.15) is 0 Å². The van der Waals surface area contributed by atoms with Gasteiger partial charge in [-0.25, -0.2) is 9.78 Å². The lowest BCUT2D eigenvalue weighted by Crippen LogP contribution is -2.52. The number of hydrogen-bond acceptors (Lipinski definition) is 8. The van der Waals surface area contributed by atoms with E-state index in [1.165, 1.54) is 11.3 Å². The highest BCUT2D eigenvalue weighted by atomic mass is 32.1. The molecule has 0 unspecified atom stereocenters. The molecule has 0 saturated carbocycles. The third-order valence-electron chi connectivity index (χ3n) is 6.72. The average molecular weight is 549 g/mol. The van der Waals surface area contributed by atoms with Crippen LogP contribution in [-0.2, 0) is 26.2 Å². The van der Waals surface area contributed by atoms with Gasteiger partial charge in [-0.05, 0) is 29.0 Å². The number of thiazole rings is 1. The molecule has 3 rings (SSSR count). The van der Waals surface area contributed by atoms with E-state index in [0.29, 0.717) is 36.0 Å².